The zero-order chi connectivity index (χ0) is 25.3. The molecule has 2 N–H and O–H groups in total. The molecule has 8 nitrogen and oxygen atoms in total. The van der Waals surface area contributed by atoms with Crippen molar-refractivity contribution in [2.75, 3.05) is 26.2 Å². The average Bonchev–Trinajstić information content (AvgIpc) is 3.14. The normalized spacial score (nSPS) is 16.6. The number of nitrogens with zero attached hydrogens (tertiary/aromatic N) is 4. The largest absolute Gasteiger partial charge is 0.490 e. The van der Waals surface area contributed by atoms with E-state index in [2.05, 4.69) is 47.0 Å². The van der Waals surface area contributed by atoms with Gasteiger partial charge < -0.3 is 19.7 Å². The number of halogens is 6. The Kier molecular flexibility index (Phi) is 11.7. The first-order valence-electron chi connectivity index (χ1n) is 9.61. The van der Waals surface area contributed by atoms with Crippen LogP contribution in [0.1, 0.15) is 39.4 Å². The Bertz CT molecular complexity index is 693. The van der Waals surface area contributed by atoms with Crippen molar-refractivity contribution in [1.29, 1.82) is 0 Å². The number of carboxylic acid groups (broad SMARTS) is 2. The molecule has 0 spiro atoms. The van der Waals surface area contributed by atoms with Crippen LogP contribution >= 0.6 is 0 Å². The number of fused-ring (bicyclic) bond motifs is 1. The smallest absolute Gasteiger partial charge is 0.475 e. The van der Waals surface area contributed by atoms with Crippen LogP contribution in [-0.4, -0.2) is 86.1 Å². The number of likely N-dealkylation sites (N-methyl/N-ethyl adjacent to an activating group) is 1. The Morgan fingerprint density at radius 2 is 1.53 bits per heavy atom. The fraction of sp³-hybridized carbons (Fsp3) is 0.722. The van der Waals surface area contributed by atoms with Crippen LogP contribution in [-0.2, 0) is 16.1 Å². The molecule has 2 heterocycles. The summed E-state index contributed by atoms with van der Waals surface area (Å²) in [5.74, 6) is -5.51. The number of aromatic nitrogens is 2. The van der Waals surface area contributed by atoms with Gasteiger partial charge in [-0.3, -0.25) is 4.90 Å². The number of aliphatic carboxylic acids is 2. The van der Waals surface area contributed by atoms with Crippen LogP contribution in [0.2, 0.25) is 0 Å². The number of imidazole rings is 1. The lowest BCUT2D eigenvalue weighted by atomic mass is 10.1. The lowest BCUT2D eigenvalue weighted by Crippen LogP contribution is -2.44. The molecule has 0 aromatic carbocycles. The van der Waals surface area contributed by atoms with Gasteiger partial charge in [0.15, 0.2) is 0 Å². The zero-order valence-corrected chi connectivity index (χ0v) is 18.1. The number of hydrogen-bond acceptors (Lipinski definition) is 5. The van der Waals surface area contributed by atoms with E-state index in [1.165, 1.54) is 5.69 Å². The molecule has 0 aliphatic carbocycles. The number of carbonyl (C=O) groups is 2. The summed E-state index contributed by atoms with van der Waals surface area (Å²) >= 11 is 0. The summed E-state index contributed by atoms with van der Waals surface area (Å²) < 4.78 is 65.8. The van der Waals surface area contributed by atoms with Gasteiger partial charge in [0.05, 0.1) is 18.1 Å². The highest BCUT2D eigenvalue weighted by Crippen LogP contribution is 2.23. The topological polar surface area (TPSA) is 98.9 Å². The zero-order valence-electron chi connectivity index (χ0n) is 18.1. The molecular weight excluding hydrogens is 450 g/mol. The van der Waals surface area contributed by atoms with E-state index in [4.69, 9.17) is 19.8 Å². The van der Waals surface area contributed by atoms with Crippen LogP contribution in [0.25, 0.3) is 0 Å². The summed E-state index contributed by atoms with van der Waals surface area (Å²) in [4.78, 5) is 27.2. The maximum Gasteiger partial charge on any atom is 0.490 e. The van der Waals surface area contributed by atoms with Gasteiger partial charge in [0.2, 0.25) is 0 Å². The van der Waals surface area contributed by atoms with E-state index >= 15 is 0 Å². The molecule has 2 rings (SSSR count). The lowest BCUT2D eigenvalue weighted by Gasteiger charge is -2.38. The number of alkyl halides is 6. The van der Waals surface area contributed by atoms with Crippen molar-refractivity contribution in [1.82, 2.24) is 19.4 Å². The maximum absolute atomic E-state index is 10.6. The van der Waals surface area contributed by atoms with Gasteiger partial charge in [-0.05, 0) is 26.9 Å². The molecule has 0 amide bonds. The van der Waals surface area contributed by atoms with Crippen molar-refractivity contribution in [2.45, 2.75) is 58.7 Å². The molecule has 14 heteroatoms. The van der Waals surface area contributed by atoms with Gasteiger partial charge in [-0.2, -0.15) is 26.3 Å². The Morgan fingerprint density at radius 1 is 1.09 bits per heavy atom. The molecular formula is C18H28F6N4O4. The van der Waals surface area contributed by atoms with E-state index in [0.29, 0.717) is 12.1 Å². The first kappa shape index (κ1) is 29.7. The van der Waals surface area contributed by atoms with Crippen LogP contribution in [0.15, 0.2) is 12.5 Å². The van der Waals surface area contributed by atoms with Gasteiger partial charge in [-0.25, -0.2) is 14.6 Å². The molecule has 1 aliphatic rings. The third-order valence-electron chi connectivity index (χ3n) is 4.53. The SMILES string of the molecule is CCN(CC)CC1CN(C(C)C)Cc2cncn21.O=C(O)C(F)(F)F.O=C(O)C(F)(F)F. The number of hydrogen-bond donors (Lipinski definition) is 2. The van der Waals surface area contributed by atoms with E-state index in [9.17, 15) is 26.3 Å². The Morgan fingerprint density at radius 3 is 1.88 bits per heavy atom. The van der Waals surface area contributed by atoms with Crippen molar-refractivity contribution < 1.29 is 46.1 Å². The predicted octanol–water partition coefficient (Wildman–Crippen LogP) is 3.26. The second-order valence-corrected chi connectivity index (χ2v) is 7.06. The number of rotatable bonds is 5. The van der Waals surface area contributed by atoms with Crippen molar-refractivity contribution in [2.24, 2.45) is 0 Å². The first-order valence-corrected chi connectivity index (χ1v) is 9.61. The van der Waals surface area contributed by atoms with E-state index < -0.39 is 24.3 Å². The minimum Gasteiger partial charge on any atom is -0.475 e. The van der Waals surface area contributed by atoms with Crippen LogP contribution in [0.5, 0.6) is 0 Å². The molecule has 0 bridgehead atoms. The molecule has 1 aromatic heterocycles. The highest BCUT2D eigenvalue weighted by atomic mass is 19.4. The highest BCUT2D eigenvalue weighted by Gasteiger charge is 2.38. The van der Waals surface area contributed by atoms with Gasteiger partial charge >= 0.3 is 24.3 Å². The molecule has 0 saturated carbocycles. The van der Waals surface area contributed by atoms with Crippen molar-refractivity contribution >= 4 is 11.9 Å². The molecule has 0 saturated heterocycles. The second kappa shape index (κ2) is 12.6. The third kappa shape index (κ3) is 10.3. The van der Waals surface area contributed by atoms with Crippen molar-refractivity contribution in [3.8, 4) is 0 Å². The molecule has 32 heavy (non-hydrogen) atoms. The Balaban J connectivity index is 0.000000570. The lowest BCUT2D eigenvalue weighted by molar-refractivity contribution is -0.193. The minimum atomic E-state index is -5.08. The van der Waals surface area contributed by atoms with Gasteiger partial charge in [0.25, 0.3) is 0 Å². The summed E-state index contributed by atoms with van der Waals surface area (Å²) in [6.45, 7) is 14.6. The molecule has 1 aliphatic heterocycles. The van der Waals surface area contributed by atoms with E-state index in [-0.39, 0.29) is 0 Å². The average molecular weight is 478 g/mol. The van der Waals surface area contributed by atoms with Gasteiger partial charge in [-0.1, -0.05) is 13.8 Å². The van der Waals surface area contributed by atoms with Crippen LogP contribution in [0.4, 0.5) is 26.3 Å². The van der Waals surface area contributed by atoms with Crippen LogP contribution in [0, 0.1) is 0 Å². The fourth-order valence-corrected chi connectivity index (χ4v) is 2.73. The maximum atomic E-state index is 10.6. The van der Waals surface area contributed by atoms with E-state index in [1.807, 2.05) is 12.5 Å². The summed E-state index contributed by atoms with van der Waals surface area (Å²) in [7, 11) is 0. The minimum absolute atomic E-state index is 0.540. The Hall–Kier alpha value is -2.35. The van der Waals surface area contributed by atoms with E-state index in [1.54, 1.807) is 0 Å². The van der Waals surface area contributed by atoms with Gasteiger partial charge in [0.1, 0.15) is 0 Å². The van der Waals surface area contributed by atoms with Crippen LogP contribution in [0.3, 0.4) is 0 Å². The second-order valence-electron chi connectivity index (χ2n) is 7.06. The first-order chi connectivity index (χ1) is 14.5. The fourth-order valence-electron chi connectivity index (χ4n) is 2.73. The molecule has 0 fully saturated rings. The van der Waals surface area contributed by atoms with Crippen LogP contribution < -0.4 is 0 Å². The Labute approximate surface area is 181 Å². The van der Waals surface area contributed by atoms with Crippen molar-refractivity contribution in [3.05, 3.63) is 18.2 Å². The predicted molar refractivity (Wildman–Crippen MR) is 102 cm³/mol. The highest BCUT2D eigenvalue weighted by molar-refractivity contribution is 5.73. The van der Waals surface area contributed by atoms with Gasteiger partial charge in [-0.15, -0.1) is 0 Å². The van der Waals surface area contributed by atoms with Crippen molar-refractivity contribution in [3.63, 3.8) is 0 Å². The molecule has 0 radical (unpaired) electrons. The summed E-state index contributed by atoms with van der Waals surface area (Å²) in [6, 6.07) is 1.14. The standard InChI is InChI=1S/C14H26N4.2C2HF3O2/c1-5-16(6-2)8-14-10-17(12(3)4)9-13-7-15-11-18(13)14;2*3-2(4,5)1(6)7/h7,11-12,14H,5-6,8-10H2,1-4H3;2*(H,6,7). The summed E-state index contributed by atoms with van der Waals surface area (Å²) in [5, 5.41) is 14.2. The van der Waals surface area contributed by atoms with Gasteiger partial charge in [0, 0.05) is 31.9 Å². The number of carboxylic acids is 2. The third-order valence-corrected chi connectivity index (χ3v) is 4.53. The summed E-state index contributed by atoms with van der Waals surface area (Å²) in [6.07, 6.45) is -6.15. The quantitative estimate of drug-likeness (QED) is 0.627. The molecule has 1 aromatic rings. The molecule has 1 atom stereocenters. The molecule has 186 valence electrons. The molecule has 1 unspecified atom stereocenters. The van der Waals surface area contributed by atoms with E-state index in [0.717, 1.165) is 32.7 Å². The monoisotopic (exact) mass is 478 g/mol. The summed E-state index contributed by atoms with van der Waals surface area (Å²) in [5.41, 5.74) is 1.35.